The van der Waals surface area contributed by atoms with Crippen LogP contribution in [0.3, 0.4) is 0 Å². The van der Waals surface area contributed by atoms with Crippen molar-refractivity contribution in [2.75, 3.05) is 13.1 Å². The molecular weight excluding hydrogens is 212 g/mol. The minimum absolute atomic E-state index is 0.213. The topological polar surface area (TPSA) is 40.6 Å². The van der Waals surface area contributed by atoms with Gasteiger partial charge in [0.25, 0.3) is 5.91 Å². The van der Waals surface area contributed by atoms with E-state index in [2.05, 4.69) is 19.6 Å². The highest BCUT2D eigenvalue weighted by atomic mass is 32.1. The summed E-state index contributed by atoms with van der Waals surface area (Å²) in [6.07, 6.45) is 1.89. The third-order valence-electron chi connectivity index (χ3n) is 2.69. The highest BCUT2D eigenvalue weighted by Crippen LogP contribution is 2.31. The van der Waals surface area contributed by atoms with Crippen LogP contribution in [0.25, 0.3) is 0 Å². The molecule has 1 unspecified atom stereocenters. The molecule has 5 heteroatoms. The van der Waals surface area contributed by atoms with Crippen LogP contribution in [0.5, 0.6) is 0 Å². The molecule has 86 valence electrons. The highest BCUT2D eigenvalue weighted by Gasteiger charge is 2.50. The third-order valence-corrected chi connectivity index (χ3v) is 3.12. The van der Waals surface area contributed by atoms with Gasteiger partial charge in [-0.15, -0.1) is 12.6 Å². The van der Waals surface area contributed by atoms with Crippen LogP contribution in [0.2, 0.25) is 0 Å². The summed E-state index contributed by atoms with van der Waals surface area (Å²) in [6.45, 7) is 6.54. The molecule has 0 aromatic carbocycles. The minimum Gasteiger partial charge on any atom is -0.301 e. The average molecular weight is 230 g/mol. The van der Waals surface area contributed by atoms with Gasteiger partial charge in [-0.1, -0.05) is 13.3 Å². The molecule has 0 saturated carbocycles. The van der Waals surface area contributed by atoms with Crippen molar-refractivity contribution in [2.45, 2.75) is 38.5 Å². The Morgan fingerprint density at radius 2 is 1.93 bits per heavy atom. The molecule has 1 heterocycles. The van der Waals surface area contributed by atoms with E-state index < -0.39 is 4.87 Å². The first-order valence-electron chi connectivity index (χ1n) is 5.32. The first kappa shape index (κ1) is 12.4. The van der Waals surface area contributed by atoms with Crippen LogP contribution in [-0.2, 0) is 4.79 Å². The van der Waals surface area contributed by atoms with E-state index in [1.54, 1.807) is 18.7 Å². The first-order valence-corrected chi connectivity index (χ1v) is 5.77. The maximum Gasteiger partial charge on any atom is 0.328 e. The van der Waals surface area contributed by atoms with Gasteiger partial charge < -0.3 is 4.90 Å². The lowest BCUT2D eigenvalue weighted by Crippen LogP contribution is -2.42. The molecular formula is C10H18N2O2S. The summed E-state index contributed by atoms with van der Waals surface area (Å²) in [5.74, 6) is -0.213. The molecule has 1 saturated heterocycles. The molecule has 1 aliphatic heterocycles. The van der Waals surface area contributed by atoms with Crippen molar-refractivity contribution in [3.8, 4) is 0 Å². The lowest BCUT2D eigenvalue weighted by Gasteiger charge is -2.26. The Labute approximate surface area is 96.0 Å². The third kappa shape index (κ3) is 1.97. The van der Waals surface area contributed by atoms with Crippen LogP contribution in [0, 0.1) is 0 Å². The predicted octanol–water partition coefficient (Wildman–Crippen LogP) is 1.72. The second-order valence-electron chi connectivity index (χ2n) is 3.86. The van der Waals surface area contributed by atoms with Gasteiger partial charge in [0.05, 0.1) is 0 Å². The van der Waals surface area contributed by atoms with Gasteiger partial charge in [0, 0.05) is 13.1 Å². The summed E-state index contributed by atoms with van der Waals surface area (Å²) >= 11 is 4.30. The predicted molar refractivity (Wildman–Crippen MR) is 61.8 cm³/mol. The van der Waals surface area contributed by atoms with Crippen LogP contribution in [0.1, 0.15) is 33.6 Å². The fourth-order valence-corrected chi connectivity index (χ4v) is 2.00. The molecule has 3 amide bonds. The normalized spacial score (nSPS) is 26.7. The SMILES string of the molecule is CCCCN1C(=O)N(CC)C(=O)C1(C)S. The maximum absolute atomic E-state index is 11.9. The summed E-state index contributed by atoms with van der Waals surface area (Å²) in [6, 6.07) is -0.214. The number of likely N-dealkylation sites (N-methyl/N-ethyl adjacent to an activating group) is 1. The van der Waals surface area contributed by atoms with Crippen LogP contribution in [0.15, 0.2) is 0 Å². The molecule has 1 atom stereocenters. The molecule has 0 spiro atoms. The summed E-state index contributed by atoms with van der Waals surface area (Å²) in [5, 5.41) is 0. The molecule has 0 aromatic heterocycles. The zero-order valence-corrected chi connectivity index (χ0v) is 10.4. The average Bonchev–Trinajstić information content (AvgIpc) is 2.33. The van der Waals surface area contributed by atoms with Crippen molar-refractivity contribution >= 4 is 24.6 Å². The zero-order chi connectivity index (χ0) is 11.6. The monoisotopic (exact) mass is 230 g/mol. The fourth-order valence-electron chi connectivity index (χ4n) is 1.70. The molecule has 0 N–H and O–H groups in total. The minimum atomic E-state index is -0.970. The summed E-state index contributed by atoms with van der Waals surface area (Å²) in [4.78, 5) is 25.5. The Bertz CT molecular complexity index is 279. The van der Waals surface area contributed by atoms with E-state index in [0.29, 0.717) is 13.1 Å². The molecule has 0 bridgehead atoms. The van der Waals surface area contributed by atoms with Gasteiger partial charge in [-0.05, 0) is 20.3 Å². The number of nitrogens with zero attached hydrogens (tertiary/aromatic N) is 2. The largest absolute Gasteiger partial charge is 0.328 e. The van der Waals surface area contributed by atoms with E-state index >= 15 is 0 Å². The Balaban J connectivity index is 2.86. The number of carbonyl (C=O) groups excluding carboxylic acids is 2. The molecule has 0 aromatic rings. The fraction of sp³-hybridized carbons (Fsp3) is 0.800. The highest BCUT2D eigenvalue weighted by molar-refractivity contribution is 7.82. The van der Waals surface area contributed by atoms with Gasteiger partial charge in [0.15, 0.2) is 4.87 Å². The van der Waals surface area contributed by atoms with Crippen LogP contribution >= 0.6 is 12.6 Å². The number of hydrogen-bond acceptors (Lipinski definition) is 3. The van der Waals surface area contributed by atoms with Crippen molar-refractivity contribution in [3.63, 3.8) is 0 Å². The zero-order valence-electron chi connectivity index (χ0n) is 9.49. The van der Waals surface area contributed by atoms with E-state index in [0.717, 1.165) is 12.8 Å². The molecule has 0 radical (unpaired) electrons. The van der Waals surface area contributed by atoms with Crippen molar-refractivity contribution in [1.29, 1.82) is 0 Å². The smallest absolute Gasteiger partial charge is 0.301 e. The number of rotatable bonds is 4. The van der Waals surface area contributed by atoms with Crippen LogP contribution < -0.4 is 0 Å². The van der Waals surface area contributed by atoms with E-state index in [1.807, 2.05) is 0 Å². The molecule has 4 nitrogen and oxygen atoms in total. The Kier molecular flexibility index (Phi) is 3.65. The molecule has 1 aliphatic rings. The van der Waals surface area contributed by atoms with E-state index in [-0.39, 0.29) is 11.9 Å². The maximum atomic E-state index is 11.9. The number of amides is 3. The Morgan fingerprint density at radius 1 is 1.33 bits per heavy atom. The second kappa shape index (κ2) is 4.43. The van der Waals surface area contributed by atoms with Crippen molar-refractivity contribution < 1.29 is 9.59 Å². The van der Waals surface area contributed by atoms with Gasteiger partial charge in [0.2, 0.25) is 0 Å². The van der Waals surface area contributed by atoms with E-state index in [9.17, 15) is 9.59 Å². The van der Waals surface area contributed by atoms with Gasteiger partial charge in [-0.3, -0.25) is 9.69 Å². The molecule has 1 fully saturated rings. The van der Waals surface area contributed by atoms with Gasteiger partial charge in [0.1, 0.15) is 0 Å². The quantitative estimate of drug-likeness (QED) is 0.590. The number of urea groups is 1. The lowest BCUT2D eigenvalue weighted by molar-refractivity contribution is -0.128. The number of hydrogen-bond donors (Lipinski definition) is 1. The van der Waals surface area contributed by atoms with Crippen molar-refractivity contribution in [3.05, 3.63) is 0 Å². The molecule has 15 heavy (non-hydrogen) atoms. The van der Waals surface area contributed by atoms with Crippen LogP contribution in [0.4, 0.5) is 4.79 Å². The van der Waals surface area contributed by atoms with Gasteiger partial charge in [-0.2, -0.15) is 0 Å². The summed E-state index contributed by atoms with van der Waals surface area (Å²) < 4.78 is 0. The summed E-state index contributed by atoms with van der Waals surface area (Å²) in [5.41, 5.74) is 0. The lowest BCUT2D eigenvalue weighted by atomic mass is 10.2. The van der Waals surface area contributed by atoms with Crippen LogP contribution in [-0.4, -0.2) is 39.7 Å². The van der Waals surface area contributed by atoms with Gasteiger partial charge >= 0.3 is 6.03 Å². The number of thiol groups is 1. The van der Waals surface area contributed by atoms with Gasteiger partial charge in [-0.25, -0.2) is 4.79 Å². The number of carbonyl (C=O) groups is 2. The molecule has 1 rings (SSSR count). The second-order valence-corrected chi connectivity index (χ2v) is 4.73. The van der Waals surface area contributed by atoms with E-state index in [4.69, 9.17) is 0 Å². The summed E-state index contributed by atoms with van der Waals surface area (Å²) in [7, 11) is 0. The first-order chi connectivity index (χ1) is 6.96. The van der Waals surface area contributed by atoms with Crippen molar-refractivity contribution in [1.82, 2.24) is 9.80 Å². The molecule has 0 aliphatic carbocycles. The van der Waals surface area contributed by atoms with E-state index in [1.165, 1.54) is 4.90 Å². The standard InChI is InChI=1S/C10H18N2O2S/c1-4-6-7-12-9(14)11(5-2)8(13)10(12,3)15/h15H,4-7H2,1-3H3. The number of imide groups is 1. The Hall–Kier alpha value is -0.710. The van der Waals surface area contributed by atoms with Crippen molar-refractivity contribution in [2.24, 2.45) is 0 Å². The number of unbranched alkanes of at least 4 members (excludes halogenated alkanes) is 1. The Morgan fingerprint density at radius 3 is 2.33 bits per heavy atom.